The zero-order valence-electron chi connectivity index (χ0n) is 8.74. The predicted octanol–water partition coefficient (Wildman–Crippen LogP) is 1.88. The minimum absolute atomic E-state index is 0.218. The van der Waals surface area contributed by atoms with Gasteiger partial charge in [-0.3, -0.25) is 9.58 Å². The number of piperidine rings is 1. The van der Waals surface area contributed by atoms with Crippen molar-refractivity contribution < 1.29 is 13.2 Å². The fourth-order valence-electron chi connectivity index (χ4n) is 2.04. The van der Waals surface area contributed by atoms with Gasteiger partial charge in [-0.25, -0.2) is 0 Å². The van der Waals surface area contributed by atoms with E-state index in [9.17, 15) is 13.2 Å². The zero-order chi connectivity index (χ0) is 11.6. The molecule has 0 aromatic carbocycles. The molecule has 1 aliphatic heterocycles. The molecule has 0 bridgehead atoms. The Bertz CT molecular complexity index is 313. The summed E-state index contributed by atoms with van der Waals surface area (Å²) in [5.41, 5.74) is 0. The number of likely N-dealkylation sites (tertiary alicyclic amines) is 1. The van der Waals surface area contributed by atoms with E-state index in [2.05, 4.69) is 11.2 Å². The normalized spacial score (nSPS) is 20.2. The van der Waals surface area contributed by atoms with E-state index in [0.29, 0.717) is 25.9 Å². The number of aromatic nitrogens is 2. The Morgan fingerprint density at radius 3 is 2.50 bits per heavy atom. The Kier molecular flexibility index (Phi) is 3.18. The zero-order valence-corrected chi connectivity index (χ0v) is 8.74. The summed E-state index contributed by atoms with van der Waals surface area (Å²) in [5.74, 6) is 0. The van der Waals surface area contributed by atoms with E-state index in [1.807, 2.05) is 0 Å². The van der Waals surface area contributed by atoms with Gasteiger partial charge in [0.15, 0.2) is 0 Å². The molecule has 0 amide bonds. The van der Waals surface area contributed by atoms with Crippen molar-refractivity contribution in [2.75, 3.05) is 19.6 Å². The molecule has 6 heteroatoms. The van der Waals surface area contributed by atoms with Gasteiger partial charge in [0.2, 0.25) is 0 Å². The van der Waals surface area contributed by atoms with Gasteiger partial charge in [0.1, 0.15) is 0 Å². The van der Waals surface area contributed by atoms with Crippen molar-refractivity contribution in [3.05, 3.63) is 18.5 Å². The lowest BCUT2D eigenvalue weighted by molar-refractivity contribution is -0.148. The molecule has 0 spiro atoms. The first kappa shape index (κ1) is 11.4. The Hall–Kier alpha value is -1.04. The van der Waals surface area contributed by atoms with E-state index >= 15 is 0 Å². The molecule has 2 heterocycles. The van der Waals surface area contributed by atoms with Crippen LogP contribution in [0.2, 0.25) is 0 Å². The number of alkyl halides is 3. The molecule has 2 rings (SSSR count). The van der Waals surface area contributed by atoms with Gasteiger partial charge in [0.25, 0.3) is 0 Å². The molecule has 1 aromatic rings. The smallest absolute Gasteiger partial charge is 0.295 e. The third-order valence-electron chi connectivity index (χ3n) is 2.81. The highest BCUT2D eigenvalue weighted by atomic mass is 19.4. The summed E-state index contributed by atoms with van der Waals surface area (Å²) >= 11 is 0. The van der Waals surface area contributed by atoms with Crippen LogP contribution in [0.3, 0.4) is 0 Å². The van der Waals surface area contributed by atoms with Crippen molar-refractivity contribution in [3.63, 3.8) is 0 Å². The fraction of sp³-hybridized carbons (Fsp3) is 0.700. The molecule has 1 saturated heterocycles. The van der Waals surface area contributed by atoms with E-state index < -0.39 is 12.7 Å². The second-order valence-electron chi connectivity index (χ2n) is 4.04. The van der Waals surface area contributed by atoms with Crippen LogP contribution in [0.1, 0.15) is 18.9 Å². The third kappa shape index (κ3) is 2.98. The van der Waals surface area contributed by atoms with E-state index in [0.717, 1.165) is 0 Å². The Balaban J connectivity index is 1.83. The minimum atomic E-state index is -4.09. The molecule has 0 unspecified atom stereocenters. The van der Waals surface area contributed by atoms with Crippen molar-refractivity contribution in [1.82, 2.24) is 14.7 Å². The summed E-state index contributed by atoms with van der Waals surface area (Å²) in [4.78, 5) is 1.45. The SMILES string of the molecule is FC(F)(F)CN1CCC(n2c[c]cn2)CC1. The van der Waals surface area contributed by atoms with E-state index in [1.54, 1.807) is 17.1 Å². The summed E-state index contributed by atoms with van der Waals surface area (Å²) in [6.07, 6.45) is 0.648. The van der Waals surface area contributed by atoms with E-state index in [1.165, 1.54) is 4.90 Å². The summed E-state index contributed by atoms with van der Waals surface area (Å²) in [5, 5.41) is 4.06. The van der Waals surface area contributed by atoms with Gasteiger partial charge in [-0.1, -0.05) is 0 Å². The van der Waals surface area contributed by atoms with Gasteiger partial charge in [-0.15, -0.1) is 0 Å². The maximum atomic E-state index is 12.1. The lowest BCUT2D eigenvalue weighted by Gasteiger charge is -2.32. The maximum Gasteiger partial charge on any atom is 0.401 e. The van der Waals surface area contributed by atoms with Gasteiger partial charge >= 0.3 is 6.18 Å². The van der Waals surface area contributed by atoms with Crippen LogP contribution in [0.25, 0.3) is 0 Å². The summed E-state index contributed by atoms with van der Waals surface area (Å²) < 4.78 is 38.2. The number of halogens is 3. The highest BCUT2D eigenvalue weighted by Crippen LogP contribution is 2.24. The molecule has 1 aromatic heterocycles. The predicted molar refractivity (Wildman–Crippen MR) is 51.8 cm³/mol. The Morgan fingerprint density at radius 2 is 2.00 bits per heavy atom. The largest absolute Gasteiger partial charge is 0.401 e. The average molecular weight is 232 g/mol. The Labute approximate surface area is 91.8 Å². The second kappa shape index (κ2) is 4.45. The molecule has 3 nitrogen and oxygen atoms in total. The number of nitrogens with zero attached hydrogens (tertiary/aromatic N) is 3. The molecule has 0 N–H and O–H groups in total. The fourth-order valence-corrected chi connectivity index (χ4v) is 2.04. The first-order valence-electron chi connectivity index (χ1n) is 5.24. The van der Waals surface area contributed by atoms with Gasteiger partial charge in [-0.2, -0.15) is 18.3 Å². The topological polar surface area (TPSA) is 21.1 Å². The number of hydrogen-bond donors (Lipinski definition) is 0. The first-order chi connectivity index (χ1) is 7.54. The van der Waals surface area contributed by atoms with Gasteiger partial charge < -0.3 is 0 Å². The van der Waals surface area contributed by atoms with Crippen LogP contribution in [0, 0.1) is 6.07 Å². The third-order valence-corrected chi connectivity index (χ3v) is 2.81. The van der Waals surface area contributed by atoms with Crippen LogP contribution in [-0.2, 0) is 0 Å². The summed E-state index contributed by atoms with van der Waals surface area (Å²) in [6.45, 7) is 0.152. The number of rotatable bonds is 2. The molecule has 1 fully saturated rings. The molecule has 1 radical (unpaired) electrons. The number of hydrogen-bond acceptors (Lipinski definition) is 2. The maximum absolute atomic E-state index is 12.1. The second-order valence-corrected chi connectivity index (χ2v) is 4.04. The molecule has 16 heavy (non-hydrogen) atoms. The van der Waals surface area contributed by atoms with E-state index in [-0.39, 0.29) is 6.04 Å². The van der Waals surface area contributed by atoms with Crippen molar-refractivity contribution in [2.24, 2.45) is 0 Å². The highest BCUT2D eigenvalue weighted by molar-refractivity contribution is 4.83. The molecule has 1 aliphatic rings. The quantitative estimate of drug-likeness (QED) is 0.776. The average Bonchev–Trinajstić information content (AvgIpc) is 2.69. The van der Waals surface area contributed by atoms with Crippen LogP contribution in [0.15, 0.2) is 12.4 Å². The first-order valence-corrected chi connectivity index (χ1v) is 5.24. The minimum Gasteiger partial charge on any atom is -0.295 e. The van der Waals surface area contributed by atoms with Gasteiger partial charge in [-0.05, 0) is 12.8 Å². The van der Waals surface area contributed by atoms with Crippen LogP contribution in [0.5, 0.6) is 0 Å². The molecular formula is C10H13F3N3. The molecule has 0 aliphatic carbocycles. The van der Waals surface area contributed by atoms with Crippen LogP contribution in [-0.4, -0.2) is 40.5 Å². The van der Waals surface area contributed by atoms with Crippen molar-refractivity contribution in [2.45, 2.75) is 25.1 Å². The monoisotopic (exact) mass is 232 g/mol. The van der Waals surface area contributed by atoms with Gasteiger partial charge in [0.05, 0.1) is 18.8 Å². The molecular weight excluding hydrogens is 219 g/mol. The van der Waals surface area contributed by atoms with Crippen molar-refractivity contribution in [3.8, 4) is 0 Å². The van der Waals surface area contributed by atoms with Crippen molar-refractivity contribution >= 4 is 0 Å². The van der Waals surface area contributed by atoms with Gasteiger partial charge in [0, 0.05) is 25.4 Å². The van der Waals surface area contributed by atoms with Crippen LogP contribution < -0.4 is 0 Å². The summed E-state index contributed by atoms with van der Waals surface area (Å²) in [7, 11) is 0. The Morgan fingerprint density at radius 1 is 1.31 bits per heavy atom. The van der Waals surface area contributed by atoms with Crippen LogP contribution >= 0.6 is 0 Å². The summed E-state index contributed by atoms with van der Waals surface area (Å²) in [6, 6.07) is 3.05. The molecule has 89 valence electrons. The van der Waals surface area contributed by atoms with E-state index in [4.69, 9.17) is 0 Å². The lowest BCUT2D eigenvalue weighted by Crippen LogP contribution is -2.40. The highest BCUT2D eigenvalue weighted by Gasteiger charge is 2.32. The molecule has 0 atom stereocenters. The van der Waals surface area contributed by atoms with Crippen LogP contribution in [0.4, 0.5) is 13.2 Å². The van der Waals surface area contributed by atoms with Crippen molar-refractivity contribution in [1.29, 1.82) is 0 Å². The molecule has 0 saturated carbocycles. The standard InChI is InChI=1S/C10H13F3N3/c11-10(12,13)8-15-6-2-9(3-7-15)16-5-1-4-14-16/h4-5,9H,2-3,6-8H2. The lowest BCUT2D eigenvalue weighted by atomic mass is 10.1.